The van der Waals surface area contributed by atoms with E-state index in [0.717, 1.165) is 0 Å². The van der Waals surface area contributed by atoms with E-state index in [1.54, 1.807) is 0 Å². The fourth-order valence-corrected chi connectivity index (χ4v) is 1.99. The first-order valence-corrected chi connectivity index (χ1v) is 7.39. The molecule has 0 heterocycles. The second-order valence-electron chi connectivity index (χ2n) is 5.04. The molecule has 2 aromatic rings. The van der Waals surface area contributed by atoms with Crippen LogP contribution in [0.5, 0.6) is 0 Å². The Bertz CT molecular complexity index is 790. The van der Waals surface area contributed by atoms with Crippen molar-refractivity contribution in [1.29, 1.82) is 0 Å². The topological polar surface area (TPSA) is 127 Å². The third-order valence-electron chi connectivity index (χ3n) is 3.24. The summed E-state index contributed by atoms with van der Waals surface area (Å²) in [5, 5.41) is 17.8. The first-order valence-electron chi connectivity index (χ1n) is 7.39. The summed E-state index contributed by atoms with van der Waals surface area (Å²) in [6.07, 6.45) is 0. The Morgan fingerprint density at radius 3 is 1.33 bits per heavy atom. The monoisotopic (exact) mass is 382 g/mol. The quantitative estimate of drug-likeness (QED) is 0.418. The van der Waals surface area contributed by atoms with Crippen molar-refractivity contribution in [1.82, 2.24) is 0 Å². The van der Waals surface area contributed by atoms with E-state index in [1.165, 1.54) is 48.5 Å². The van der Waals surface area contributed by atoms with Crippen LogP contribution in [0.15, 0.2) is 48.5 Å². The maximum absolute atomic E-state index is 11.8. The number of hydrogen-bond donors (Lipinski definition) is 2. The first-order chi connectivity index (χ1) is 12.4. The Hall–Kier alpha value is -2.68. The van der Waals surface area contributed by atoms with Crippen LogP contribution in [-0.2, 0) is 9.47 Å². The van der Waals surface area contributed by atoms with Gasteiger partial charge < -0.3 is 19.7 Å². The van der Waals surface area contributed by atoms with Crippen molar-refractivity contribution in [3.05, 3.63) is 70.8 Å². The van der Waals surface area contributed by atoms with Gasteiger partial charge in [-0.05, 0) is 36.4 Å². The van der Waals surface area contributed by atoms with Gasteiger partial charge in [0.05, 0.1) is 22.3 Å². The van der Waals surface area contributed by atoms with Crippen LogP contribution in [-0.4, -0.2) is 76.9 Å². The van der Waals surface area contributed by atoms with Crippen molar-refractivity contribution < 1.29 is 38.9 Å². The molecule has 0 aliphatic heterocycles. The minimum atomic E-state index is -1.17. The molecule has 0 bridgehead atoms. The van der Waals surface area contributed by atoms with Crippen molar-refractivity contribution in [2.45, 2.75) is 0 Å². The fourth-order valence-electron chi connectivity index (χ4n) is 1.99. The number of ether oxygens (including phenoxy) is 2. The SMILES string of the molecule is O=C(O)c1cccc(C(=O)OCCOC(=O)c2cccc(C(=O)O)c2)c1.[NaH]. The van der Waals surface area contributed by atoms with Crippen molar-refractivity contribution >= 4 is 53.4 Å². The summed E-state index contributed by atoms with van der Waals surface area (Å²) < 4.78 is 9.82. The van der Waals surface area contributed by atoms with Gasteiger partial charge in [-0.2, -0.15) is 0 Å². The van der Waals surface area contributed by atoms with Crippen LogP contribution in [0.1, 0.15) is 41.4 Å². The van der Waals surface area contributed by atoms with Gasteiger partial charge in [0.1, 0.15) is 13.2 Å². The van der Waals surface area contributed by atoms with Gasteiger partial charge in [0.2, 0.25) is 0 Å². The zero-order valence-electron chi connectivity index (χ0n) is 13.4. The summed E-state index contributed by atoms with van der Waals surface area (Å²) in [6, 6.07) is 10.7. The Morgan fingerprint density at radius 1 is 0.667 bits per heavy atom. The van der Waals surface area contributed by atoms with Crippen LogP contribution >= 0.6 is 0 Å². The normalized spacial score (nSPS) is 9.63. The molecule has 0 atom stereocenters. The molecule has 136 valence electrons. The average Bonchev–Trinajstić information content (AvgIpc) is 2.65. The molecule has 0 spiro atoms. The van der Waals surface area contributed by atoms with Crippen molar-refractivity contribution in [2.75, 3.05) is 13.2 Å². The minimum absolute atomic E-state index is 0. The molecule has 8 nitrogen and oxygen atoms in total. The van der Waals surface area contributed by atoms with Gasteiger partial charge in [0, 0.05) is 0 Å². The number of carboxylic acids is 2. The number of esters is 2. The van der Waals surface area contributed by atoms with E-state index >= 15 is 0 Å². The summed E-state index contributed by atoms with van der Waals surface area (Å²) in [4.78, 5) is 45.4. The molecule has 27 heavy (non-hydrogen) atoms. The van der Waals surface area contributed by atoms with Gasteiger partial charge in [-0.3, -0.25) is 0 Å². The molecule has 0 aliphatic carbocycles. The second-order valence-corrected chi connectivity index (χ2v) is 5.04. The number of carbonyl (C=O) groups excluding carboxylic acids is 2. The van der Waals surface area contributed by atoms with E-state index in [2.05, 4.69) is 0 Å². The van der Waals surface area contributed by atoms with Crippen LogP contribution < -0.4 is 0 Å². The van der Waals surface area contributed by atoms with Crippen LogP contribution in [0.2, 0.25) is 0 Å². The Balaban J connectivity index is 0.00000364. The molecule has 0 unspecified atom stereocenters. The molecule has 0 saturated heterocycles. The van der Waals surface area contributed by atoms with Gasteiger partial charge >= 0.3 is 53.4 Å². The van der Waals surface area contributed by atoms with Gasteiger partial charge in [0.25, 0.3) is 0 Å². The Labute approximate surface area is 176 Å². The van der Waals surface area contributed by atoms with Gasteiger partial charge in [-0.25, -0.2) is 19.2 Å². The van der Waals surface area contributed by atoms with Crippen LogP contribution in [0.3, 0.4) is 0 Å². The number of aromatic carboxylic acids is 2. The van der Waals surface area contributed by atoms with E-state index in [-0.39, 0.29) is 65.0 Å². The van der Waals surface area contributed by atoms with Crippen LogP contribution in [0.25, 0.3) is 0 Å². The molecule has 0 amide bonds. The third-order valence-corrected chi connectivity index (χ3v) is 3.24. The molecule has 2 aromatic carbocycles. The zero-order valence-corrected chi connectivity index (χ0v) is 13.4. The van der Waals surface area contributed by atoms with E-state index in [0.29, 0.717) is 0 Å². The molecule has 0 fully saturated rings. The van der Waals surface area contributed by atoms with Gasteiger partial charge in [-0.15, -0.1) is 0 Å². The van der Waals surface area contributed by atoms with E-state index in [4.69, 9.17) is 19.7 Å². The summed E-state index contributed by atoms with van der Waals surface area (Å²) in [5.41, 5.74) is 0.0177. The molecular formula is C18H15NaO8. The molecule has 2 rings (SSSR count). The molecule has 0 aromatic heterocycles. The molecule has 0 saturated carbocycles. The Morgan fingerprint density at radius 2 is 1.00 bits per heavy atom. The molecular weight excluding hydrogens is 367 g/mol. The summed E-state index contributed by atoms with van der Waals surface area (Å²) in [7, 11) is 0. The number of carboxylic acid groups (broad SMARTS) is 2. The predicted octanol–water partition coefficient (Wildman–Crippen LogP) is 1.45. The van der Waals surface area contributed by atoms with Crippen molar-refractivity contribution in [2.24, 2.45) is 0 Å². The molecule has 9 heteroatoms. The third kappa shape index (κ3) is 6.52. The van der Waals surface area contributed by atoms with Gasteiger partial charge in [0.15, 0.2) is 0 Å². The number of benzene rings is 2. The summed E-state index contributed by atoms with van der Waals surface area (Å²) in [5.74, 6) is -3.84. The maximum atomic E-state index is 11.8. The predicted molar refractivity (Wildman–Crippen MR) is 94.5 cm³/mol. The van der Waals surface area contributed by atoms with E-state index in [9.17, 15) is 19.2 Å². The van der Waals surface area contributed by atoms with Crippen LogP contribution in [0.4, 0.5) is 0 Å². The Kier molecular flexibility index (Phi) is 8.67. The molecule has 0 aliphatic rings. The second kappa shape index (κ2) is 10.5. The van der Waals surface area contributed by atoms with E-state index < -0.39 is 23.9 Å². The first kappa shape index (κ1) is 22.4. The van der Waals surface area contributed by atoms with Crippen molar-refractivity contribution in [3.8, 4) is 0 Å². The van der Waals surface area contributed by atoms with Gasteiger partial charge in [-0.1, -0.05) is 12.1 Å². The zero-order chi connectivity index (χ0) is 19.1. The number of carbonyl (C=O) groups is 4. The van der Waals surface area contributed by atoms with E-state index in [1.807, 2.05) is 0 Å². The van der Waals surface area contributed by atoms with Crippen molar-refractivity contribution in [3.63, 3.8) is 0 Å². The standard InChI is InChI=1S/C18H14O8.Na.H/c19-15(20)11-3-1-5-13(9-11)17(23)25-7-8-26-18(24)14-6-2-4-12(10-14)16(21)22;;/h1-6,9-10H,7-8H2,(H,19,20)(H,21,22);;. The molecule has 0 radical (unpaired) electrons. The average molecular weight is 382 g/mol. The van der Waals surface area contributed by atoms with Crippen LogP contribution in [0, 0.1) is 0 Å². The fraction of sp³-hybridized carbons (Fsp3) is 0.111. The summed E-state index contributed by atoms with van der Waals surface area (Å²) in [6.45, 7) is -0.471. The molecule has 2 N–H and O–H groups in total. The summed E-state index contributed by atoms with van der Waals surface area (Å²) >= 11 is 0. The number of rotatable bonds is 7. The number of hydrogen-bond acceptors (Lipinski definition) is 6.